The van der Waals surface area contributed by atoms with Crippen LogP contribution in [0.2, 0.25) is 0 Å². The summed E-state index contributed by atoms with van der Waals surface area (Å²) in [6.07, 6.45) is 8.68. The van der Waals surface area contributed by atoms with Crippen LogP contribution in [0.3, 0.4) is 0 Å². The minimum Gasteiger partial charge on any atom is -0.347 e. The highest BCUT2D eigenvalue weighted by atomic mass is 16.2. The largest absolute Gasteiger partial charge is 0.347 e. The second-order valence-electron chi connectivity index (χ2n) is 15.2. The van der Waals surface area contributed by atoms with Crippen LogP contribution in [0.1, 0.15) is 105 Å². The predicted molar refractivity (Wildman–Crippen MR) is 174 cm³/mol. The zero-order valence-corrected chi connectivity index (χ0v) is 28.6. The maximum Gasteiger partial charge on any atom is 0.323 e. The molecular weight excluding hydrogens is 620 g/mol. The summed E-state index contributed by atoms with van der Waals surface area (Å²) in [4.78, 5) is 96.4. The summed E-state index contributed by atoms with van der Waals surface area (Å²) in [6.45, 7) is 7.73. The van der Waals surface area contributed by atoms with Crippen molar-refractivity contribution in [3.8, 4) is 0 Å². The van der Waals surface area contributed by atoms with E-state index in [0.717, 1.165) is 51.4 Å². The summed E-state index contributed by atoms with van der Waals surface area (Å²) >= 11 is 0. The third-order valence-corrected chi connectivity index (χ3v) is 10.3. The molecule has 48 heavy (non-hydrogen) atoms. The van der Waals surface area contributed by atoms with E-state index in [9.17, 15) is 33.6 Å². The lowest BCUT2D eigenvalue weighted by Gasteiger charge is -2.36. The Kier molecular flexibility index (Phi) is 10.7. The third kappa shape index (κ3) is 7.92. The number of hydrogen-bond acceptors (Lipinski definition) is 8. The summed E-state index contributed by atoms with van der Waals surface area (Å²) in [5.74, 6) is -2.83. The van der Waals surface area contributed by atoms with Crippen molar-refractivity contribution in [2.45, 2.75) is 147 Å². The SMILES string of the molecule is CCCC(NC(=O)[C@@H]1CC2(CN1C(=O)[C@@H](NC(=O)NC(=O)NC1CCCCC1)C(C)(C)C)NC(=O)[C@@H]1CCCN12)C(=O)C(=O)NC1CC1. The van der Waals surface area contributed by atoms with Crippen LogP contribution in [-0.2, 0) is 24.0 Å². The van der Waals surface area contributed by atoms with E-state index >= 15 is 0 Å². The van der Waals surface area contributed by atoms with Crippen LogP contribution in [0.25, 0.3) is 0 Å². The molecule has 266 valence electrons. The molecule has 0 aromatic rings. The number of nitrogens with one attached hydrogen (secondary N) is 6. The molecule has 2 aliphatic carbocycles. The molecule has 5 fully saturated rings. The smallest absolute Gasteiger partial charge is 0.323 e. The Morgan fingerprint density at radius 3 is 2.23 bits per heavy atom. The quantitative estimate of drug-likeness (QED) is 0.183. The number of hydrogen-bond donors (Lipinski definition) is 6. The normalized spacial score (nSPS) is 27.1. The summed E-state index contributed by atoms with van der Waals surface area (Å²) in [6, 6.07) is -5.27. The van der Waals surface area contributed by atoms with Gasteiger partial charge < -0.3 is 31.5 Å². The van der Waals surface area contributed by atoms with Crippen molar-refractivity contribution >= 4 is 41.5 Å². The third-order valence-electron chi connectivity index (χ3n) is 10.3. The lowest BCUT2D eigenvalue weighted by molar-refractivity contribution is -0.144. The van der Waals surface area contributed by atoms with Gasteiger partial charge >= 0.3 is 12.1 Å². The van der Waals surface area contributed by atoms with Crippen LogP contribution in [0.15, 0.2) is 0 Å². The Hall–Kier alpha value is -3.75. The number of imide groups is 1. The van der Waals surface area contributed by atoms with Gasteiger partial charge in [-0.2, -0.15) is 0 Å². The number of likely N-dealkylation sites (tertiary alicyclic amines) is 1. The van der Waals surface area contributed by atoms with Crippen molar-refractivity contribution in [3.05, 3.63) is 0 Å². The second kappa shape index (κ2) is 14.4. The van der Waals surface area contributed by atoms with Crippen LogP contribution in [0.5, 0.6) is 0 Å². The standard InChI is InChI=1S/C33H52N8O7/c1-5-10-21(24(42)28(45)34-20-14-15-20)36-26(43)23-17-33(39-27(44)22-13-9-16-41(22)33)18-40(23)29(46)25(32(2,3)4)37-31(48)38-30(47)35-19-11-7-6-8-12-19/h19-23,25H,5-18H2,1-4H3,(H,34,45)(H,36,43)(H,39,44)(H3,35,37,38,47,48)/t21?,22-,23-,25+,33?/m0/s1. The van der Waals surface area contributed by atoms with E-state index in [1.54, 1.807) is 20.8 Å². The fourth-order valence-electron chi connectivity index (χ4n) is 7.61. The molecule has 2 unspecified atom stereocenters. The predicted octanol–water partition coefficient (Wildman–Crippen LogP) is 0.767. The number of Topliss-reactive ketones (excluding diaryl/α,β-unsaturated/α-hetero) is 1. The van der Waals surface area contributed by atoms with Gasteiger partial charge in [0.25, 0.3) is 5.91 Å². The molecule has 15 nitrogen and oxygen atoms in total. The zero-order valence-electron chi connectivity index (χ0n) is 28.6. The van der Waals surface area contributed by atoms with Crippen LogP contribution in [-0.4, -0.2) is 106 Å². The molecule has 15 heteroatoms. The molecule has 2 saturated carbocycles. The molecule has 0 aromatic carbocycles. The first-order chi connectivity index (χ1) is 22.7. The van der Waals surface area contributed by atoms with E-state index in [4.69, 9.17) is 0 Å². The number of nitrogens with zero attached hydrogens (tertiary/aromatic N) is 2. The molecule has 0 aromatic heterocycles. The molecule has 1 spiro atoms. The van der Waals surface area contributed by atoms with Gasteiger partial charge in [0.2, 0.25) is 23.5 Å². The van der Waals surface area contributed by atoms with Crippen molar-refractivity contribution in [2.24, 2.45) is 5.41 Å². The van der Waals surface area contributed by atoms with Crippen molar-refractivity contribution in [1.82, 2.24) is 41.7 Å². The lowest BCUT2D eigenvalue weighted by Crippen LogP contribution is -2.61. The van der Waals surface area contributed by atoms with Crippen molar-refractivity contribution in [2.75, 3.05) is 13.1 Å². The molecule has 3 saturated heterocycles. The van der Waals surface area contributed by atoms with Gasteiger partial charge in [0.05, 0.1) is 18.6 Å². The highest BCUT2D eigenvalue weighted by Gasteiger charge is 2.61. The summed E-state index contributed by atoms with van der Waals surface area (Å²) in [7, 11) is 0. The van der Waals surface area contributed by atoms with Crippen LogP contribution in [0, 0.1) is 5.41 Å². The van der Waals surface area contributed by atoms with E-state index < -0.39 is 64.8 Å². The second-order valence-corrected chi connectivity index (χ2v) is 15.2. The highest BCUT2D eigenvalue weighted by Crippen LogP contribution is 2.41. The van der Waals surface area contributed by atoms with Crippen molar-refractivity contribution in [3.63, 3.8) is 0 Å². The number of urea groups is 2. The molecule has 0 bridgehead atoms. The summed E-state index contributed by atoms with van der Waals surface area (Å²) < 4.78 is 0. The lowest BCUT2D eigenvalue weighted by atomic mass is 9.85. The molecular formula is C33H52N8O7. The first-order valence-corrected chi connectivity index (χ1v) is 17.6. The highest BCUT2D eigenvalue weighted by molar-refractivity contribution is 6.38. The molecule has 5 aliphatic rings. The van der Waals surface area contributed by atoms with Crippen LogP contribution < -0.4 is 31.9 Å². The summed E-state index contributed by atoms with van der Waals surface area (Å²) in [5, 5.41) is 16.3. The minimum absolute atomic E-state index is 0.0151. The van der Waals surface area contributed by atoms with Gasteiger partial charge in [-0.25, -0.2) is 9.59 Å². The molecule has 5 rings (SSSR count). The first kappa shape index (κ1) is 35.6. The first-order valence-electron chi connectivity index (χ1n) is 17.6. The molecule has 0 radical (unpaired) electrons. The van der Waals surface area contributed by atoms with Crippen molar-refractivity contribution in [1.29, 1.82) is 0 Å². The molecule has 8 amide bonds. The maximum atomic E-state index is 14.5. The van der Waals surface area contributed by atoms with Gasteiger partial charge in [0.1, 0.15) is 17.7 Å². The van der Waals surface area contributed by atoms with Gasteiger partial charge in [-0.05, 0) is 50.4 Å². The number of rotatable bonds is 10. The Morgan fingerprint density at radius 2 is 1.58 bits per heavy atom. The number of fused-ring (bicyclic) bond motifs is 2. The number of amides is 8. The number of ketones is 1. The van der Waals surface area contributed by atoms with E-state index in [-0.39, 0.29) is 43.4 Å². The Labute approximate surface area is 281 Å². The zero-order chi connectivity index (χ0) is 34.8. The van der Waals surface area contributed by atoms with E-state index in [2.05, 4.69) is 31.9 Å². The Bertz CT molecular complexity index is 1310. The van der Waals surface area contributed by atoms with Crippen LogP contribution >= 0.6 is 0 Å². The molecule has 5 atom stereocenters. The van der Waals surface area contributed by atoms with Gasteiger partial charge in [0, 0.05) is 25.0 Å². The summed E-state index contributed by atoms with van der Waals surface area (Å²) in [5.41, 5.74) is -1.85. The fraction of sp³-hybridized carbons (Fsp3) is 0.788. The van der Waals surface area contributed by atoms with Crippen molar-refractivity contribution < 1.29 is 33.6 Å². The number of carbonyl (C=O) groups excluding carboxylic acids is 7. The van der Waals surface area contributed by atoms with E-state index in [0.29, 0.717) is 19.4 Å². The molecule has 3 heterocycles. The average Bonchev–Trinajstić information content (AvgIpc) is 3.43. The topological polar surface area (TPSA) is 198 Å². The minimum atomic E-state index is -1.16. The maximum absolute atomic E-state index is 14.5. The van der Waals surface area contributed by atoms with Gasteiger partial charge in [-0.1, -0.05) is 53.4 Å². The van der Waals surface area contributed by atoms with E-state index in [1.807, 2.05) is 11.8 Å². The monoisotopic (exact) mass is 672 g/mol. The van der Waals surface area contributed by atoms with Crippen LogP contribution in [0.4, 0.5) is 9.59 Å². The Morgan fingerprint density at radius 1 is 0.896 bits per heavy atom. The Balaban J connectivity index is 1.35. The average molecular weight is 673 g/mol. The van der Waals surface area contributed by atoms with Gasteiger partial charge in [-0.3, -0.25) is 34.2 Å². The fourth-order valence-corrected chi connectivity index (χ4v) is 7.61. The van der Waals surface area contributed by atoms with Gasteiger partial charge in [-0.15, -0.1) is 0 Å². The molecule has 6 N–H and O–H groups in total. The van der Waals surface area contributed by atoms with E-state index in [1.165, 1.54) is 4.90 Å². The number of carbonyl (C=O) groups is 7. The molecule has 3 aliphatic heterocycles. The van der Waals surface area contributed by atoms with Gasteiger partial charge in [0.15, 0.2) is 0 Å².